The Bertz CT molecular complexity index is 1020. The van der Waals surface area contributed by atoms with E-state index in [2.05, 4.69) is 10.4 Å². The van der Waals surface area contributed by atoms with Gasteiger partial charge in [0.15, 0.2) is 11.5 Å². The predicted octanol–water partition coefficient (Wildman–Crippen LogP) is 3.41. The minimum atomic E-state index is -0.329. The molecule has 1 N–H and O–H groups in total. The van der Waals surface area contributed by atoms with Gasteiger partial charge in [-0.1, -0.05) is 6.07 Å². The molecule has 1 heterocycles. The summed E-state index contributed by atoms with van der Waals surface area (Å²) in [6, 6.07) is 13.4. The highest BCUT2D eigenvalue weighted by atomic mass is 19.1. The summed E-state index contributed by atoms with van der Waals surface area (Å²) in [4.78, 5) is 14.5. The number of methoxy groups -OCH3 is 2. The first-order chi connectivity index (χ1) is 14.4. The van der Waals surface area contributed by atoms with Crippen LogP contribution in [0.1, 0.15) is 11.3 Å². The van der Waals surface area contributed by atoms with E-state index in [-0.39, 0.29) is 18.3 Å². The maximum Gasteiger partial charge on any atom is 0.239 e. The molecule has 0 unspecified atom stereocenters. The maximum atomic E-state index is 13.2. The van der Waals surface area contributed by atoms with E-state index >= 15 is 0 Å². The zero-order valence-corrected chi connectivity index (χ0v) is 17.5. The molecule has 0 spiro atoms. The summed E-state index contributed by atoms with van der Waals surface area (Å²) in [5, 5.41) is 7.27. The van der Waals surface area contributed by atoms with Gasteiger partial charge in [0.05, 0.1) is 32.1 Å². The molecule has 0 saturated heterocycles. The molecule has 0 fully saturated rings. The molecule has 3 rings (SSSR count). The Morgan fingerprint density at radius 1 is 1.10 bits per heavy atom. The quantitative estimate of drug-likeness (QED) is 0.614. The molecule has 0 atom stereocenters. The zero-order valence-electron chi connectivity index (χ0n) is 17.5. The van der Waals surface area contributed by atoms with Crippen molar-refractivity contribution in [1.29, 1.82) is 0 Å². The molecule has 158 valence electrons. The Morgan fingerprint density at radius 2 is 1.80 bits per heavy atom. The van der Waals surface area contributed by atoms with Crippen molar-refractivity contribution < 1.29 is 18.7 Å². The van der Waals surface area contributed by atoms with Gasteiger partial charge in [0, 0.05) is 12.6 Å². The molecule has 0 aliphatic heterocycles. The van der Waals surface area contributed by atoms with Crippen LogP contribution in [0.4, 0.5) is 10.2 Å². The highest BCUT2D eigenvalue weighted by molar-refractivity contribution is 5.91. The van der Waals surface area contributed by atoms with Crippen LogP contribution in [0.3, 0.4) is 0 Å². The number of aromatic nitrogens is 2. The Hall–Kier alpha value is -3.39. The van der Waals surface area contributed by atoms with E-state index in [1.807, 2.05) is 37.1 Å². The van der Waals surface area contributed by atoms with Crippen molar-refractivity contribution in [3.8, 4) is 17.2 Å². The van der Waals surface area contributed by atoms with Crippen LogP contribution < -0.4 is 14.8 Å². The highest BCUT2D eigenvalue weighted by Gasteiger charge is 2.14. The number of aryl methyl sites for hydroxylation is 1. The fourth-order valence-electron chi connectivity index (χ4n) is 3.14. The Balaban J connectivity index is 1.65. The summed E-state index contributed by atoms with van der Waals surface area (Å²) in [7, 11) is 5.04. The van der Waals surface area contributed by atoms with Gasteiger partial charge in [0.1, 0.15) is 11.6 Å². The van der Waals surface area contributed by atoms with Gasteiger partial charge in [-0.05, 0) is 55.9 Å². The van der Waals surface area contributed by atoms with Crippen LogP contribution in [0.2, 0.25) is 0 Å². The van der Waals surface area contributed by atoms with Crippen molar-refractivity contribution in [3.63, 3.8) is 0 Å². The number of benzene rings is 2. The fourth-order valence-corrected chi connectivity index (χ4v) is 3.14. The minimum Gasteiger partial charge on any atom is -0.493 e. The number of anilines is 1. The number of hydrogen-bond donors (Lipinski definition) is 1. The lowest BCUT2D eigenvalue weighted by Gasteiger charge is -2.18. The molecular formula is C22H25FN4O3. The zero-order chi connectivity index (χ0) is 21.7. The number of halogens is 1. The maximum absolute atomic E-state index is 13.2. The Labute approximate surface area is 175 Å². The van der Waals surface area contributed by atoms with Crippen LogP contribution >= 0.6 is 0 Å². The Morgan fingerprint density at radius 3 is 2.47 bits per heavy atom. The van der Waals surface area contributed by atoms with E-state index in [1.165, 1.54) is 12.1 Å². The van der Waals surface area contributed by atoms with Crippen molar-refractivity contribution in [2.45, 2.75) is 13.5 Å². The van der Waals surface area contributed by atoms with E-state index in [0.717, 1.165) is 11.3 Å². The molecule has 30 heavy (non-hydrogen) atoms. The molecule has 1 aromatic heterocycles. The molecule has 0 aliphatic carbocycles. The van der Waals surface area contributed by atoms with Crippen molar-refractivity contribution in [3.05, 3.63) is 65.6 Å². The van der Waals surface area contributed by atoms with Crippen LogP contribution in [0, 0.1) is 12.7 Å². The van der Waals surface area contributed by atoms with E-state index in [9.17, 15) is 9.18 Å². The average Bonchev–Trinajstić information content (AvgIpc) is 3.08. The predicted molar refractivity (Wildman–Crippen MR) is 113 cm³/mol. The summed E-state index contributed by atoms with van der Waals surface area (Å²) in [6.07, 6.45) is 0. The SMILES string of the molecule is COc1ccc(CN(C)CC(=O)Nc2cc(C)nn2-c2ccc(F)cc2)cc1OC. The normalized spacial score (nSPS) is 10.9. The first-order valence-electron chi connectivity index (χ1n) is 9.41. The van der Waals surface area contributed by atoms with Gasteiger partial charge in [-0.3, -0.25) is 9.69 Å². The van der Waals surface area contributed by atoms with Crippen molar-refractivity contribution in [2.24, 2.45) is 0 Å². The third-order valence-corrected chi connectivity index (χ3v) is 4.48. The molecule has 7 nitrogen and oxygen atoms in total. The summed E-state index contributed by atoms with van der Waals surface area (Å²) >= 11 is 0. The topological polar surface area (TPSA) is 68.6 Å². The van der Waals surface area contributed by atoms with Crippen molar-refractivity contribution >= 4 is 11.7 Å². The molecule has 0 radical (unpaired) electrons. The number of nitrogens with one attached hydrogen (secondary N) is 1. The molecule has 8 heteroatoms. The van der Waals surface area contributed by atoms with Crippen molar-refractivity contribution in [2.75, 3.05) is 33.1 Å². The van der Waals surface area contributed by atoms with Crippen LogP contribution in [0.15, 0.2) is 48.5 Å². The second-order valence-corrected chi connectivity index (χ2v) is 6.97. The van der Waals surface area contributed by atoms with Crippen LogP contribution in [0.5, 0.6) is 11.5 Å². The van der Waals surface area contributed by atoms with E-state index < -0.39 is 0 Å². The highest BCUT2D eigenvalue weighted by Crippen LogP contribution is 2.28. The number of carbonyl (C=O) groups is 1. The van der Waals surface area contributed by atoms with Crippen molar-refractivity contribution in [1.82, 2.24) is 14.7 Å². The average molecular weight is 412 g/mol. The second kappa shape index (κ2) is 9.41. The smallest absolute Gasteiger partial charge is 0.239 e. The first kappa shape index (κ1) is 21.3. The van der Waals surface area contributed by atoms with E-state index in [4.69, 9.17) is 9.47 Å². The number of carbonyl (C=O) groups excluding carboxylic acids is 1. The lowest BCUT2D eigenvalue weighted by Crippen LogP contribution is -2.30. The van der Waals surface area contributed by atoms with Crippen LogP contribution in [-0.2, 0) is 11.3 Å². The Kier molecular flexibility index (Phi) is 6.68. The summed E-state index contributed by atoms with van der Waals surface area (Å²) in [5.74, 6) is 1.33. The molecule has 1 amide bonds. The summed E-state index contributed by atoms with van der Waals surface area (Å²) in [5.41, 5.74) is 2.40. The van der Waals surface area contributed by atoms with E-state index in [0.29, 0.717) is 29.5 Å². The standard InChI is InChI=1S/C22H25FN4O3/c1-15-11-21(27(25-15)18-8-6-17(23)7-9-18)24-22(28)14-26(2)13-16-5-10-19(29-3)20(12-16)30-4/h5-12H,13-14H2,1-4H3,(H,24,28). The molecule has 0 saturated carbocycles. The number of amides is 1. The van der Waals surface area contributed by atoms with Crippen LogP contribution in [-0.4, -0.2) is 48.4 Å². The number of likely N-dealkylation sites (N-methyl/N-ethyl adjacent to an activating group) is 1. The first-order valence-corrected chi connectivity index (χ1v) is 9.41. The summed E-state index contributed by atoms with van der Waals surface area (Å²) < 4.78 is 25.4. The summed E-state index contributed by atoms with van der Waals surface area (Å²) in [6.45, 7) is 2.57. The molecule has 3 aromatic rings. The number of hydrogen-bond acceptors (Lipinski definition) is 5. The third-order valence-electron chi connectivity index (χ3n) is 4.48. The molecule has 0 aliphatic rings. The van der Waals surface area contributed by atoms with Gasteiger partial charge in [-0.15, -0.1) is 0 Å². The molecule has 0 bridgehead atoms. The number of nitrogens with zero attached hydrogens (tertiary/aromatic N) is 3. The lowest BCUT2D eigenvalue weighted by atomic mass is 10.2. The minimum absolute atomic E-state index is 0.179. The lowest BCUT2D eigenvalue weighted by molar-refractivity contribution is -0.117. The van der Waals surface area contributed by atoms with Gasteiger partial charge in [0.25, 0.3) is 0 Å². The van der Waals surface area contributed by atoms with Crippen LogP contribution in [0.25, 0.3) is 5.69 Å². The van der Waals surface area contributed by atoms with E-state index in [1.54, 1.807) is 37.1 Å². The monoisotopic (exact) mass is 412 g/mol. The number of rotatable bonds is 8. The largest absolute Gasteiger partial charge is 0.493 e. The van der Waals surface area contributed by atoms with Gasteiger partial charge < -0.3 is 14.8 Å². The molecular weight excluding hydrogens is 387 g/mol. The van der Waals surface area contributed by atoms with Gasteiger partial charge in [-0.2, -0.15) is 5.10 Å². The van der Waals surface area contributed by atoms with Gasteiger partial charge in [0.2, 0.25) is 5.91 Å². The van der Waals surface area contributed by atoms with Gasteiger partial charge >= 0.3 is 0 Å². The number of ether oxygens (including phenoxy) is 2. The van der Waals surface area contributed by atoms with Gasteiger partial charge in [-0.25, -0.2) is 9.07 Å². The second-order valence-electron chi connectivity index (χ2n) is 6.97. The fraction of sp³-hybridized carbons (Fsp3) is 0.273. The molecule has 2 aromatic carbocycles. The third kappa shape index (κ3) is 5.15.